The Morgan fingerprint density at radius 2 is 1.47 bits per heavy atom. The van der Waals surface area contributed by atoms with Crippen LogP contribution in [0.2, 0.25) is 0 Å². The van der Waals surface area contributed by atoms with Crippen LogP contribution in [0.3, 0.4) is 0 Å². The molecule has 1 amide bonds. The Morgan fingerprint density at radius 1 is 0.867 bits per heavy atom. The van der Waals surface area contributed by atoms with E-state index < -0.39 is 0 Å². The van der Waals surface area contributed by atoms with Crippen molar-refractivity contribution in [2.24, 2.45) is 11.8 Å². The van der Waals surface area contributed by atoms with Crippen LogP contribution in [0.4, 0.5) is 5.69 Å². The van der Waals surface area contributed by atoms with Crippen LogP contribution in [0.1, 0.15) is 44.1 Å². The lowest BCUT2D eigenvalue weighted by atomic mass is 9.72. The second-order valence-electron chi connectivity index (χ2n) is 9.01. The zero-order chi connectivity index (χ0) is 20.9. The second kappa shape index (κ2) is 7.22. The number of amides is 1. The molecule has 2 fully saturated rings. The molecule has 5 heteroatoms. The molecule has 5 nitrogen and oxygen atoms in total. The third-order valence-corrected chi connectivity index (χ3v) is 6.88. The lowest BCUT2D eigenvalue weighted by molar-refractivity contribution is -0.121. The van der Waals surface area contributed by atoms with Gasteiger partial charge in [-0.2, -0.15) is 0 Å². The van der Waals surface area contributed by atoms with Gasteiger partial charge in [0.15, 0.2) is 11.5 Å². The molecule has 0 bridgehead atoms. The van der Waals surface area contributed by atoms with Gasteiger partial charge in [0.25, 0.3) is 0 Å². The average molecular weight is 408 g/mol. The van der Waals surface area contributed by atoms with E-state index in [1.54, 1.807) is 21.3 Å². The molecule has 1 aliphatic heterocycles. The summed E-state index contributed by atoms with van der Waals surface area (Å²) in [4.78, 5) is 13.2. The fraction of sp³-hybridized carbons (Fsp3) is 0.480. The van der Waals surface area contributed by atoms with Crippen molar-refractivity contribution in [1.82, 2.24) is 0 Å². The molecule has 0 unspecified atom stereocenters. The minimum absolute atomic E-state index is 0.193. The van der Waals surface area contributed by atoms with Crippen molar-refractivity contribution in [3.05, 3.63) is 35.9 Å². The number of carbonyl (C=O) groups is 1. The number of carbonyl (C=O) groups excluding carboxylic acids is 1. The predicted octanol–water partition coefficient (Wildman–Crippen LogP) is 5.17. The maximum absolute atomic E-state index is 13.2. The summed E-state index contributed by atoms with van der Waals surface area (Å²) in [7, 11) is 4.86. The molecule has 2 saturated carbocycles. The first-order valence-corrected chi connectivity index (χ1v) is 10.8. The number of hydrogen-bond donors (Lipinski definition) is 1. The van der Waals surface area contributed by atoms with E-state index in [-0.39, 0.29) is 11.3 Å². The number of benzene rings is 2. The van der Waals surface area contributed by atoms with E-state index in [1.807, 2.05) is 18.2 Å². The molecule has 30 heavy (non-hydrogen) atoms. The zero-order valence-corrected chi connectivity index (χ0v) is 17.9. The molecule has 5 rings (SSSR count). The first-order valence-electron chi connectivity index (χ1n) is 10.8. The zero-order valence-electron chi connectivity index (χ0n) is 17.9. The van der Waals surface area contributed by atoms with Gasteiger partial charge in [0.1, 0.15) is 0 Å². The highest BCUT2D eigenvalue weighted by Gasteiger charge is 2.51. The van der Waals surface area contributed by atoms with Crippen LogP contribution in [-0.2, 0) is 10.2 Å². The van der Waals surface area contributed by atoms with Crippen LogP contribution in [0.15, 0.2) is 30.3 Å². The molecule has 1 heterocycles. The van der Waals surface area contributed by atoms with Crippen LogP contribution in [-0.4, -0.2) is 27.2 Å². The Labute approximate surface area is 177 Å². The molecule has 2 aliphatic carbocycles. The van der Waals surface area contributed by atoms with Gasteiger partial charge in [0, 0.05) is 5.69 Å². The van der Waals surface area contributed by atoms with Crippen molar-refractivity contribution in [3.63, 3.8) is 0 Å². The Kier molecular flexibility index (Phi) is 4.64. The van der Waals surface area contributed by atoms with Crippen LogP contribution in [0.25, 0.3) is 11.1 Å². The molecule has 1 N–H and O–H groups in total. The summed E-state index contributed by atoms with van der Waals surface area (Å²) in [5.74, 6) is 3.40. The van der Waals surface area contributed by atoms with E-state index in [0.29, 0.717) is 29.1 Å². The van der Waals surface area contributed by atoms with Crippen molar-refractivity contribution in [2.45, 2.75) is 43.9 Å². The SMILES string of the molecule is COc1cc(-c2ccc3c(c2)C(CC2CC2)(CC2CC2)C(=O)N3)cc(OC)c1OC. The van der Waals surface area contributed by atoms with Crippen LogP contribution in [0.5, 0.6) is 17.2 Å². The lowest BCUT2D eigenvalue weighted by Crippen LogP contribution is -2.35. The molecular weight excluding hydrogens is 378 g/mol. The Balaban J connectivity index is 1.60. The Hall–Kier alpha value is -2.69. The molecule has 2 aromatic carbocycles. The summed E-state index contributed by atoms with van der Waals surface area (Å²) in [6.45, 7) is 0. The van der Waals surface area contributed by atoms with Gasteiger partial charge in [-0.3, -0.25) is 4.79 Å². The fourth-order valence-electron chi connectivity index (χ4n) is 4.96. The van der Waals surface area contributed by atoms with Gasteiger partial charge in [-0.25, -0.2) is 0 Å². The molecule has 0 saturated heterocycles. The highest BCUT2D eigenvalue weighted by Crippen LogP contribution is 2.54. The summed E-state index contributed by atoms with van der Waals surface area (Å²) in [5.41, 5.74) is 3.79. The first kappa shape index (κ1) is 19.3. The predicted molar refractivity (Wildman–Crippen MR) is 117 cm³/mol. The largest absolute Gasteiger partial charge is 0.493 e. The monoisotopic (exact) mass is 407 g/mol. The van der Waals surface area contributed by atoms with Gasteiger partial charge >= 0.3 is 0 Å². The number of rotatable bonds is 8. The average Bonchev–Trinajstić information content (AvgIpc) is 3.69. The normalized spacial score (nSPS) is 19.2. The van der Waals surface area contributed by atoms with E-state index >= 15 is 0 Å². The van der Waals surface area contributed by atoms with E-state index in [1.165, 1.54) is 25.7 Å². The van der Waals surface area contributed by atoms with Gasteiger partial charge in [0.2, 0.25) is 11.7 Å². The minimum Gasteiger partial charge on any atom is -0.493 e. The van der Waals surface area contributed by atoms with Crippen molar-refractivity contribution in [3.8, 4) is 28.4 Å². The third-order valence-electron chi connectivity index (χ3n) is 6.88. The van der Waals surface area contributed by atoms with Gasteiger partial charge in [-0.15, -0.1) is 0 Å². The standard InChI is InChI=1S/C25H29NO4/c1-28-21-11-18(12-22(29-2)23(21)30-3)17-8-9-20-19(10-17)25(24(27)26-20,13-15-4-5-15)14-16-6-7-16/h8-12,15-16H,4-7,13-14H2,1-3H3,(H,26,27). The number of nitrogens with one attached hydrogen (secondary N) is 1. The number of ether oxygens (including phenoxy) is 3. The maximum Gasteiger partial charge on any atom is 0.235 e. The summed E-state index contributed by atoms with van der Waals surface area (Å²) in [6.07, 6.45) is 6.95. The summed E-state index contributed by atoms with van der Waals surface area (Å²) >= 11 is 0. The Morgan fingerprint density at radius 3 is 1.97 bits per heavy atom. The molecule has 3 aliphatic rings. The van der Waals surface area contributed by atoms with Gasteiger partial charge in [-0.1, -0.05) is 31.7 Å². The van der Waals surface area contributed by atoms with Crippen molar-refractivity contribution >= 4 is 11.6 Å². The van der Waals surface area contributed by atoms with Gasteiger partial charge < -0.3 is 19.5 Å². The van der Waals surface area contributed by atoms with Crippen LogP contribution >= 0.6 is 0 Å². The molecule has 0 aromatic heterocycles. The Bertz CT molecular complexity index is 952. The minimum atomic E-state index is -0.381. The molecule has 158 valence electrons. The molecule has 0 atom stereocenters. The number of hydrogen-bond acceptors (Lipinski definition) is 4. The highest BCUT2D eigenvalue weighted by atomic mass is 16.5. The van der Waals surface area contributed by atoms with Crippen molar-refractivity contribution < 1.29 is 19.0 Å². The second-order valence-corrected chi connectivity index (χ2v) is 9.01. The molecule has 0 spiro atoms. The topological polar surface area (TPSA) is 56.8 Å². The van der Waals surface area contributed by atoms with Crippen LogP contribution < -0.4 is 19.5 Å². The first-order chi connectivity index (χ1) is 14.6. The summed E-state index contributed by atoms with van der Waals surface area (Å²) in [5, 5.41) is 3.19. The van der Waals surface area contributed by atoms with Crippen LogP contribution in [0, 0.1) is 11.8 Å². The molecule has 2 aromatic rings. The quantitative estimate of drug-likeness (QED) is 0.656. The van der Waals surface area contributed by atoms with E-state index in [2.05, 4.69) is 17.4 Å². The van der Waals surface area contributed by atoms with E-state index in [4.69, 9.17) is 14.2 Å². The summed E-state index contributed by atoms with van der Waals surface area (Å²) in [6, 6.07) is 10.3. The molecular formula is C25H29NO4. The molecule has 0 radical (unpaired) electrons. The number of anilines is 1. The number of fused-ring (bicyclic) bond motifs is 1. The lowest BCUT2D eigenvalue weighted by Gasteiger charge is -2.28. The maximum atomic E-state index is 13.2. The van der Waals surface area contributed by atoms with Gasteiger partial charge in [0.05, 0.1) is 26.7 Å². The third kappa shape index (κ3) is 3.21. The summed E-state index contributed by atoms with van der Waals surface area (Å²) < 4.78 is 16.6. The number of methoxy groups -OCH3 is 3. The fourth-order valence-corrected chi connectivity index (χ4v) is 4.96. The van der Waals surface area contributed by atoms with Crippen molar-refractivity contribution in [2.75, 3.05) is 26.6 Å². The van der Waals surface area contributed by atoms with E-state index in [9.17, 15) is 4.79 Å². The smallest absolute Gasteiger partial charge is 0.235 e. The highest BCUT2D eigenvalue weighted by molar-refractivity contribution is 6.06. The van der Waals surface area contributed by atoms with E-state index in [0.717, 1.165) is 35.2 Å². The van der Waals surface area contributed by atoms with Gasteiger partial charge in [-0.05, 0) is 65.6 Å². The van der Waals surface area contributed by atoms with Crippen molar-refractivity contribution in [1.29, 1.82) is 0 Å².